The molecule has 26 heavy (non-hydrogen) atoms. The summed E-state index contributed by atoms with van der Waals surface area (Å²) in [7, 11) is 0. The predicted octanol–water partition coefficient (Wildman–Crippen LogP) is 4.48. The van der Waals surface area contributed by atoms with Crippen molar-refractivity contribution < 1.29 is 9.84 Å². The molecule has 2 N–H and O–H groups in total. The topological polar surface area (TPSA) is 41.5 Å². The number of rotatable bonds is 8. The van der Waals surface area contributed by atoms with Crippen LogP contribution in [-0.4, -0.2) is 11.1 Å². The van der Waals surface area contributed by atoms with Crippen LogP contribution in [-0.2, 0) is 13.2 Å². The van der Waals surface area contributed by atoms with Crippen molar-refractivity contribution in [1.82, 2.24) is 5.32 Å². The molecule has 0 aliphatic heterocycles. The molecule has 3 aromatic rings. The van der Waals surface area contributed by atoms with Gasteiger partial charge in [0.1, 0.15) is 12.4 Å². The first-order valence-electron chi connectivity index (χ1n) is 8.94. The van der Waals surface area contributed by atoms with E-state index >= 15 is 0 Å². The van der Waals surface area contributed by atoms with Gasteiger partial charge in [0.05, 0.1) is 6.10 Å². The van der Waals surface area contributed by atoms with Crippen LogP contribution in [0.2, 0.25) is 0 Å². The first-order chi connectivity index (χ1) is 12.7. The average molecular weight is 347 g/mol. The molecule has 2 atom stereocenters. The zero-order valence-corrected chi connectivity index (χ0v) is 15.0. The van der Waals surface area contributed by atoms with Crippen molar-refractivity contribution in [2.45, 2.75) is 32.2 Å². The molecule has 0 spiro atoms. The van der Waals surface area contributed by atoms with Crippen molar-refractivity contribution >= 4 is 0 Å². The second-order valence-corrected chi connectivity index (χ2v) is 6.45. The lowest BCUT2D eigenvalue weighted by Crippen LogP contribution is -2.31. The second kappa shape index (κ2) is 9.18. The zero-order chi connectivity index (χ0) is 18.2. The molecule has 0 fully saturated rings. The Hall–Kier alpha value is -2.62. The highest BCUT2D eigenvalue weighted by molar-refractivity contribution is 5.29. The van der Waals surface area contributed by atoms with Crippen molar-refractivity contribution in [2.24, 2.45) is 0 Å². The normalized spacial score (nSPS) is 13.2. The van der Waals surface area contributed by atoms with Crippen molar-refractivity contribution in [2.75, 3.05) is 0 Å². The molecule has 3 aromatic carbocycles. The van der Waals surface area contributed by atoms with E-state index < -0.39 is 6.10 Å². The summed E-state index contributed by atoms with van der Waals surface area (Å²) < 4.78 is 5.88. The minimum absolute atomic E-state index is 0.0497. The van der Waals surface area contributed by atoms with Gasteiger partial charge in [0, 0.05) is 12.6 Å². The van der Waals surface area contributed by atoms with Gasteiger partial charge in [-0.25, -0.2) is 0 Å². The number of benzene rings is 3. The Bertz CT molecular complexity index is 790. The van der Waals surface area contributed by atoms with Crippen molar-refractivity contribution in [3.05, 3.63) is 102 Å². The highest BCUT2D eigenvalue weighted by Crippen LogP contribution is 2.18. The van der Waals surface area contributed by atoms with Crippen molar-refractivity contribution in [3.8, 4) is 5.75 Å². The number of nitrogens with one attached hydrogen (secondary N) is 1. The lowest BCUT2D eigenvalue weighted by molar-refractivity contribution is 0.135. The summed E-state index contributed by atoms with van der Waals surface area (Å²) in [6.07, 6.45) is -0.534. The summed E-state index contributed by atoms with van der Waals surface area (Å²) in [6, 6.07) is 27.9. The fourth-order valence-electron chi connectivity index (χ4n) is 2.82. The van der Waals surface area contributed by atoms with Crippen LogP contribution in [0.4, 0.5) is 0 Å². The van der Waals surface area contributed by atoms with Crippen LogP contribution in [0.3, 0.4) is 0 Å². The van der Waals surface area contributed by atoms with E-state index in [2.05, 4.69) is 23.5 Å². The van der Waals surface area contributed by atoms with Crippen LogP contribution in [0, 0.1) is 0 Å². The minimum atomic E-state index is -0.534. The first kappa shape index (κ1) is 18.2. The van der Waals surface area contributed by atoms with Gasteiger partial charge in [0.25, 0.3) is 0 Å². The Labute approximate surface area is 155 Å². The summed E-state index contributed by atoms with van der Waals surface area (Å²) in [5.41, 5.74) is 3.20. The Kier molecular flexibility index (Phi) is 6.42. The Morgan fingerprint density at radius 2 is 1.50 bits per heavy atom. The summed E-state index contributed by atoms with van der Waals surface area (Å²) >= 11 is 0. The molecule has 3 heteroatoms. The maximum atomic E-state index is 10.4. The van der Waals surface area contributed by atoms with Gasteiger partial charge in [0.15, 0.2) is 0 Å². The third-order valence-electron chi connectivity index (χ3n) is 4.39. The first-order valence-corrected chi connectivity index (χ1v) is 8.94. The Morgan fingerprint density at radius 1 is 0.846 bits per heavy atom. The Balaban J connectivity index is 1.53. The highest BCUT2D eigenvalue weighted by Gasteiger charge is 2.15. The molecule has 0 aliphatic carbocycles. The largest absolute Gasteiger partial charge is 0.489 e. The van der Waals surface area contributed by atoms with Crippen molar-refractivity contribution in [1.29, 1.82) is 0 Å². The van der Waals surface area contributed by atoms with E-state index in [-0.39, 0.29) is 6.04 Å². The van der Waals surface area contributed by atoms with Gasteiger partial charge >= 0.3 is 0 Å². The third kappa shape index (κ3) is 5.19. The molecule has 3 nitrogen and oxygen atoms in total. The number of hydrogen-bond acceptors (Lipinski definition) is 3. The summed E-state index contributed by atoms with van der Waals surface area (Å²) in [5, 5.41) is 13.8. The van der Waals surface area contributed by atoms with Crippen LogP contribution in [0.25, 0.3) is 0 Å². The lowest BCUT2D eigenvalue weighted by Gasteiger charge is -2.21. The molecular weight excluding hydrogens is 322 g/mol. The van der Waals surface area contributed by atoms with Gasteiger partial charge in [-0.15, -0.1) is 0 Å². The van der Waals surface area contributed by atoms with E-state index in [4.69, 9.17) is 4.74 Å². The molecule has 0 amide bonds. The van der Waals surface area contributed by atoms with Gasteiger partial charge in [0.2, 0.25) is 0 Å². The zero-order valence-electron chi connectivity index (χ0n) is 15.0. The fourth-order valence-corrected chi connectivity index (χ4v) is 2.82. The smallest absolute Gasteiger partial charge is 0.120 e. The fraction of sp³-hybridized carbons (Fsp3) is 0.217. The van der Waals surface area contributed by atoms with Crippen LogP contribution >= 0.6 is 0 Å². The molecule has 0 aromatic heterocycles. The van der Waals surface area contributed by atoms with E-state index in [0.29, 0.717) is 13.2 Å². The standard InChI is InChI=1S/C23H25NO2/c1-18(23(25)21-12-6-3-7-13-21)24-16-20-11-8-14-22(15-20)26-17-19-9-4-2-5-10-19/h2-15,18,23-25H,16-17H2,1H3/t18-,23+/m0/s1. The predicted molar refractivity (Wildman–Crippen MR) is 105 cm³/mol. The summed E-state index contributed by atoms with van der Waals surface area (Å²) in [5.74, 6) is 0.851. The third-order valence-corrected chi connectivity index (χ3v) is 4.39. The molecule has 134 valence electrons. The van der Waals surface area contributed by atoms with E-state index in [9.17, 15) is 5.11 Å². The van der Waals surface area contributed by atoms with Gasteiger partial charge in [-0.3, -0.25) is 0 Å². The van der Waals surface area contributed by atoms with Gasteiger partial charge in [-0.2, -0.15) is 0 Å². The molecule has 3 rings (SSSR count). The molecule has 0 aliphatic rings. The van der Waals surface area contributed by atoms with Crippen LogP contribution < -0.4 is 10.1 Å². The van der Waals surface area contributed by atoms with Gasteiger partial charge < -0.3 is 15.2 Å². The van der Waals surface area contributed by atoms with Crippen LogP contribution in [0.1, 0.15) is 29.7 Å². The highest BCUT2D eigenvalue weighted by atomic mass is 16.5. The molecular formula is C23H25NO2. The molecule has 0 radical (unpaired) electrons. The monoisotopic (exact) mass is 347 g/mol. The van der Waals surface area contributed by atoms with E-state index in [1.807, 2.05) is 73.7 Å². The van der Waals surface area contributed by atoms with Crippen LogP contribution in [0.5, 0.6) is 5.75 Å². The SMILES string of the molecule is C[C@H](NCc1cccc(OCc2ccccc2)c1)[C@@H](O)c1ccccc1. The minimum Gasteiger partial charge on any atom is -0.489 e. The van der Waals surface area contributed by atoms with E-state index in [0.717, 1.165) is 22.4 Å². The quantitative estimate of drug-likeness (QED) is 0.631. The maximum Gasteiger partial charge on any atom is 0.120 e. The number of aliphatic hydroxyl groups is 1. The number of ether oxygens (including phenoxy) is 1. The maximum absolute atomic E-state index is 10.4. The number of aliphatic hydroxyl groups excluding tert-OH is 1. The van der Waals surface area contributed by atoms with Crippen LogP contribution in [0.15, 0.2) is 84.9 Å². The molecule has 0 heterocycles. The van der Waals surface area contributed by atoms with E-state index in [1.54, 1.807) is 0 Å². The number of hydrogen-bond donors (Lipinski definition) is 2. The molecule has 0 unspecified atom stereocenters. The molecule has 0 saturated carbocycles. The second-order valence-electron chi connectivity index (χ2n) is 6.45. The van der Waals surface area contributed by atoms with Gasteiger partial charge in [-0.1, -0.05) is 72.8 Å². The summed E-state index contributed by atoms with van der Waals surface area (Å²) in [4.78, 5) is 0. The van der Waals surface area contributed by atoms with E-state index in [1.165, 1.54) is 0 Å². The molecule has 0 saturated heterocycles. The van der Waals surface area contributed by atoms with Gasteiger partial charge in [-0.05, 0) is 35.7 Å². The molecule has 0 bridgehead atoms. The summed E-state index contributed by atoms with van der Waals surface area (Å²) in [6.45, 7) is 3.22. The van der Waals surface area contributed by atoms with Crippen molar-refractivity contribution in [3.63, 3.8) is 0 Å². The Morgan fingerprint density at radius 3 is 2.23 bits per heavy atom. The average Bonchev–Trinajstić information content (AvgIpc) is 2.71. The lowest BCUT2D eigenvalue weighted by atomic mass is 10.0.